The summed E-state index contributed by atoms with van der Waals surface area (Å²) in [6.07, 6.45) is 1.96. The molecule has 0 amide bonds. The molecule has 6 heteroatoms. The van der Waals surface area contributed by atoms with Crippen LogP contribution in [0.4, 0.5) is 0 Å². The molecule has 1 aliphatic rings. The number of aryl methyl sites for hydroxylation is 2. The third-order valence-electron chi connectivity index (χ3n) is 3.83. The molecule has 21 heavy (non-hydrogen) atoms. The summed E-state index contributed by atoms with van der Waals surface area (Å²) in [5.74, 6) is -0.927. The Labute approximate surface area is 125 Å². The van der Waals surface area contributed by atoms with Crippen molar-refractivity contribution in [3.05, 3.63) is 34.9 Å². The summed E-state index contributed by atoms with van der Waals surface area (Å²) in [6, 6.07) is 5.64. The van der Waals surface area contributed by atoms with Crippen LogP contribution in [0.15, 0.2) is 18.2 Å². The van der Waals surface area contributed by atoms with Gasteiger partial charge in [0.25, 0.3) is 0 Å². The molecule has 1 N–H and O–H groups in total. The number of nitrogens with zero attached hydrogens (tertiary/aromatic N) is 1. The zero-order chi connectivity index (χ0) is 15.6. The van der Waals surface area contributed by atoms with Gasteiger partial charge in [-0.15, -0.1) is 0 Å². The third kappa shape index (κ3) is 4.28. The maximum Gasteiger partial charge on any atom is 0.318 e. The molecule has 1 aromatic rings. The van der Waals surface area contributed by atoms with Gasteiger partial charge in [-0.25, -0.2) is 8.42 Å². The second-order valence-electron chi connectivity index (χ2n) is 5.76. The lowest BCUT2D eigenvalue weighted by Crippen LogP contribution is -2.38. The van der Waals surface area contributed by atoms with E-state index < -0.39 is 22.5 Å². The van der Waals surface area contributed by atoms with Crippen molar-refractivity contribution in [2.75, 3.05) is 13.1 Å². The summed E-state index contributed by atoms with van der Waals surface area (Å²) in [5, 5.41) is 8.95. The van der Waals surface area contributed by atoms with Gasteiger partial charge in [-0.2, -0.15) is 4.31 Å². The van der Waals surface area contributed by atoms with Crippen LogP contribution in [0.5, 0.6) is 0 Å². The van der Waals surface area contributed by atoms with Crippen LogP contribution in [0, 0.1) is 19.8 Å². The van der Waals surface area contributed by atoms with Gasteiger partial charge in [-0.1, -0.05) is 18.2 Å². The molecule has 0 saturated heterocycles. The zero-order valence-corrected chi connectivity index (χ0v) is 13.2. The minimum absolute atomic E-state index is 0.133. The second-order valence-corrected chi connectivity index (χ2v) is 7.73. The average Bonchev–Trinajstić information content (AvgIpc) is 3.17. The fourth-order valence-electron chi connectivity index (χ4n) is 2.37. The van der Waals surface area contributed by atoms with Crippen LogP contribution in [-0.4, -0.2) is 36.9 Å². The first-order valence-corrected chi connectivity index (χ1v) is 8.65. The molecule has 0 atom stereocenters. The van der Waals surface area contributed by atoms with E-state index in [9.17, 15) is 13.2 Å². The predicted octanol–water partition coefficient (Wildman–Crippen LogP) is 1.93. The van der Waals surface area contributed by atoms with Gasteiger partial charge in [0.1, 0.15) is 6.54 Å². The topological polar surface area (TPSA) is 74.7 Å². The van der Waals surface area contributed by atoms with E-state index in [1.54, 1.807) is 0 Å². The Morgan fingerprint density at radius 2 is 1.86 bits per heavy atom. The minimum Gasteiger partial charge on any atom is -0.480 e. The highest BCUT2D eigenvalue weighted by Gasteiger charge is 2.32. The summed E-state index contributed by atoms with van der Waals surface area (Å²) in [6.45, 7) is 3.61. The predicted molar refractivity (Wildman–Crippen MR) is 80.5 cm³/mol. The maximum absolute atomic E-state index is 12.6. The molecule has 0 unspecified atom stereocenters. The number of aliphatic carboxylic acids is 1. The van der Waals surface area contributed by atoms with Gasteiger partial charge in [-0.05, 0) is 49.3 Å². The van der Waals surface area contributed by atoms with E-state index >= 15 is 0 Å². The molecule has 116 valence electrons. The van der Waals surface area contributed by atoms with Crippen LogP contribution in [0.25, 0.3) is 0 Å². The van der Waals surface area contributed by atoms with E-state index in [0.717, 1.165) is 33.8 Å². The third-order valence-corrected chi connectivity index (χ3v) is 5.55. The van der Waals surface area contributed by atoms with E-state index in [1.165, 1.54) is 0 Å². The van der Waals surface area contributed by atoms with Crippen molar-refractivity contribution in [1.29, 1.82) is 0 Å². The van der Waals surface area contributed by atoms with E-state index in [1.807, 2.05) is 32.0 Å². The lowest BCUT2D eigenvalue weighted by Gasteiger charge is -2.21. The number of carbonyl (C=O) groups is 1. The molecule has 2 rings (SSSR count). The van der Waals surface area contributed by atoms with Crippen LogP contribution < -0.4 is 0 Å². The Morgan fingerprint density at radius 3 is 2.33 bits per heavy atom. The monoisotopic (exact) mass is 311 g/mol. The number of rotatable bonds is 7. The van der Waals surface area contributed by atoms with Gasteiger partial charge in [0.15, 0.2) is 0 Å². The summed E-state index contributed by atoms with van der Waals surface area (Å²) in [7, 11) is -3.62. The molecule has 0 spiro atoms. The first-order chi connectivity index (χ1) is 9.79. The Hall–Kier alpha value is -1.40. The molecule has 1 aromatic carbocycles. The van der Waals surface area contributed by atoms with Crippen molar-refractivity contribution >= 4 is 16.0 Å². The van der Waals surface area contributed by atoms with Gasteiger partial charge in [0, 0.05) is 6.54 Å². The summed E-state index contributed by atoms with van der Waals surface area (Å²) < 4.78 is 26.3. The van der Waals surface area contributed by atoms with Gasteiger partial charge < -0.3 is 5.11 Å². The standard InChI is InChI=1S/C15H21NO4S/c1-11-4-3-5-12(2)14(11)10-21(19,20)16(9-15(17)18)8-13-6-7-13/h3-5,13H,6-10H2,1-2H3,(H,17,18). The van der Waals surface area contributed by atoms with Crippen molar-refractivity contribution in [2.45, 2.75) is 32.4 Å². The van der Waals surface area contributed by atoms with E-state index in [-0.39, 0.29) is 5.75 Å². The SMILES string of the molecule is Cc1cccc(C)c1CS(=O)(=O)N(CC(=O)O)CC1CC1. The molecule has 0 aliphatic heterocycles. The second kappa shape index (κ2) is 6.15. The van der Waals surface area contributed by atoms with Crippen molar-refractivity contribution in [3.63, 3.8) is 0 Å². The largest absolute Gasteiger partial charge is 0.480 e. The number of hydrogen-bond acceptors (Lipinski definition) is 3. The normalized spacial score (nSPS) is 15.4. The smallest absolute Gasteiger partial charge is 0.318 e. The molecular weight excluding hydrogens is 290 g/mol. The van der Waals surface area contributed by atoms with Crippen molar-refractivity contribution < 1.29 is 18.3 Å². The molecule has 1 fully saturated rings. The highest BCUT2D eigenvalue weighted by atomic mass is 32.2. The first kappa shape index (κ1) is 16.0. The molecule has 0 heterocycles. The zero-order valence-electron chi connectivity index (χ0n) is 12.4. The number of hydrogen-bond donors (Lipinski definition) is 1. The lowest BCUT2D eigenvalue weighted by atomic mass is 10.1. The summed E-state index contributed by atoms with van der Waals surface area (Å²) in [5.41, 5.74) is 2.60. The Morgan fingerprint density at radius 1 is 1.29 bits per heavy atom. The Bertz CT molecular complexity index is 615. The molecule has 0 bridgehead atoms. The van der Waals surface area contributed by atoms with Crippen molar-refractivity contribution in [2.24, 2.45) is 5.92 Å². The van der Waals surface area contributed by atoms with Crippen molar-refractivity contribution in [3.8, 4) is 0 Å². The first-order valence-electron chi connectivity index (χ1n) is 7.04. The van der Waals surface area contributed by atoms with Crippen LogP contribution >= 0.6 is 0 Å². The van der Waals surface area contributed by atoms with Crippen LogP contribution in [0.1, 0.15) is 29.5 Å². The number of carboxylic acids is 1. The highest BCUT2D eigenvalue weighted by Crippen LogP contribution is 2.31. The average molecular weight is 311 g/mol. The quantitative estimate of drug-likeness (QED) is 0.835. The molecule has 0 radical (unpaired) electrons. The Balaban J connectivity index is 2.23. The van der Waals surface area contributed by atoms with Crippen LogP contribution in [0.2, 0.25) is 0 Å². The summed E-state index contributed by atoms with van der Waals surface area (Å²) >= 11 is 0. The van der Waals surface area contributed by atoms with Crippen LogP contribution in [-0.2, 0) is 20.6 Å². The molecule has 0 aromatic heterocycles. The van der Waals surface area contributed by atoms with Gasteiger partial charge in [-0.3, -0.25) is 4.79 Å². The number of sulfonamides is 1. The summed E-state index contributed by atoms with van der Waals surface area (Å²) in [4.78, 5) is 10.9. The highest BCUT2D eigenvalue weighted by molar-refractivity contribution is 7.88. The molecule has 1 saturated carbocycles. The van der Waals surface area contributed by atoms with E-state index in [4.69, 9.17) is 5.11 Å². The van der Waals surface area contributed by atoms with Crippen LogP contribution in [0.3, 0.4) is 0 Å². The fourth-order valence-corrected chi connectivity index (χ4v) is 4.11. The molecule has 1 aliphatic carbocycles. The minimum atomic E-state index is -3.62. The van der Waals surface area contributed by atoms with Crippen molar-refractivity contribution in [1.82, 2.24) is 4.31 Å². The maximum atomic E-state index is 12.6. The number of carboxylic acid groups (broad SMARTS) is 1. The van der Waals surface area contributed by atoms with Gasteiger partial charge in [0.05, 0.1) is 5.75 Å². The molecule has 5 nitrogen and oxygen atoms in total. The number of benzene rings is 1. The van der Waals surface area contributed by atoms with Gasteiger partial charge >= 0.3 is 5.97 Å². The van der Waals surface area contributed by atoms with E-state index in [0.29, 0.717) is 12.5 Å². The fraction of sp³-hybridized carbons (Fsp3) is 0.533. The lowest BCUT2D eigenvalue weighted by molar-refractivity contribution is -0.137. The van der Waals surface area contributed by atoms with E-state index in [2.05, 4.69) is 0 Å². The Kier molecular flexibility index (Phi) is 4.68. The van der Waals surface area contributed by atoms with Gasteiger partial charge in [0.2, 0.25) is 10.0 Å². The molecular formula is C15H21NO4S.